The Morgan fingerprint density at radius 2 is 1.12 bits per heavy atom. The van der Waals surface area contributed by atoms with Gasteiger partial charge in [0.25, 0.3) is 0 Å². The van der Waals surface area contributed by atoms with Gasteiger partial charge in [0, 0.05) is 49.8 Å². The van der Waals surface area contributed by atoms with Gasteiger partial charge in [0.05, 0.1) is 0 Å². The quantitative estimate of drug-likeness (QED) is 0.336. The zero-order valence-corrected chi connectivity index (χ0v) is 29.1. The Morgan fingerprint density at radius 3 is 1.57 bits per heavy atom. The molecule has 1 aromatic rings. The summed E-state index contributed by atoms with van der Waals surface area (Å²) < 4.78 is 0. The number of likely N-dealkylation sites (tertiary alicyclic amines) is 2. The van der Waals surface area contributed by atoms with E-state index in [1.54, 1.807) is 11.1 Å². The van der Waals surface area contributed by atoms with Crippen molar-refractivity contribution >= 4 is 5.57 Å². The fourth-order valence-corrected chi connectivity index (χ4v) is 6.70. The first-order chi connectivity index (χ1) is 20.0. The van der Waals surface area contributed by atoms with Gasteiger partial charge in [-0.15, -0.1) is 0 Å². The lowest BCUT2D eigenvalue weighted by atomic mass is 9.95. The van der Waals surface area contributed by atoms with Crippen LogP contribution in [0.5, 0.6) is 0 Å². The minimum atomic E-state index is 0.299. The molecule has 6 rings (SSSR count). The summed E-state index contributed by atoms with van der Waals surface area (Å²) in [4.78, 5) is 10.1. The van der Waals surface area contributed by atoms with Crippen molar-refractivity contribution in [1.82, 2.24) is 19.6 Å². The maximum atomic E-state index is 2.61. The molecule has 238 valence electrons. The van der Waals surface area contributed by atoms with Crippen LogP contribution in [0.25, 0.3) is 5.57 Å². The SMILES string of the molecule is CC(C)(C)N1CCC2=C(Cc3ccccc32)C1.CC(C)N1CC=CC1.CC(C)N1CCCC1.CC(C)N1CCCCC1. The molecule has 4 aliphatic heterocycles. The predicted octanol–water partition coefficient (Wildman–Crippen LogP) is 8.14. The molecule has 0 bridgehead atoms. The van der Waals surface area contributed by atoms with Gasteiger partial charge >= 0.3 is 0 Å². The highest BCUT2D eigenvalue weighted by Gasteiger charge is 2.31. The maximum absolute atomic E-state index is 2.61. The summed E-state index contributed by atoms with van der Waals surface area (Å²) in [6, 6.07) is 11.2. The second kappa shape index (κ2) is 17.1. The smallest absolute Gasteiger partial charge is 0.0207 e. The number of fused-ring (bicyclic) bond motifs is 2. The van der Waals surface area contributed by atoms with Crippen molar-refractivity contribution in [2.45, 2.75) is 131 Å². The molecular weight excluding hydrogens is 512 g/mol. The predicted molar refractivity (Wildman–Crippen MR) is 185 cm³/mol. The van der Waals surface area contributed by atoms with E-state index in [4.69, 9.17) is 0 Å². The fourth-order valence-electron chi connectivity index (χ4n) is 6.70. The molecule has 4 nitrogen and oxygen atoms in total. The van der Waals surface area contributed by atoms with E-state index in [0.29, 0.717) is 11.6 Å². The van der Waals surface area contributed by atoms with Gasteiger partial charge in [-0.1, -0.05) is 42.8 Å². The third-order valence-electron chi connectivity index (χ3n) is 9.70. The Hall–Kier alpha value is -1.46. The molecule has 1 aromatic carbocycles. The van der Waals surface area contributed by atoms with Crippen molar-refractivity contribution in [3.05, 3.63) is 53.1 Å². The molecule has 4 heterocycles. The molecular formula is C38H66N4. The topological polar surface area (TPSA) is 13.0 Å². The molecule has 0 unspecified atom stereocenters. The zero-order chi connectivity index (χ0) is 30.7. The summed E-state index contributed by atoms with van der Waals surface area (Å²) in [5.41, 5.74) is 6.66. The second-order valence-electron chi connectivity index (χ2n) is 14.8. The first-order valence-corrected chi connectivity index (χ1v) is 17.4. The molecule has 4 heteroatoms. The van der Waals surface area contributed by atoms with E-state index in [1.807, 2.05) is 0 Å². The van der Waals surface area contributed by atoms with Gasteiger partial charge in [0.15, 0.2) is 0 Å². The highest BCUT2D eigenvalue weighted by Crippen LogP contribution is 2.39. The summed E-state index contributed by atoms with van der Waals surface area (Å²) in [6.45, 7) is 30.5. The lowest BCUT2D eigenvalue weighted by Gasteiger charge is -2.39. The van der Waals surface area contributed by atoms with E-state index in [0.717, 1.165) is 31.7 Å². The van der Waals surface area contributed by atoms with Gasteiger partial charge in [-0.05, 0) is 149 Å². The van der Waals surface area contributed by atoms with Crippen LogP contribution in [-0.2, 0) is 6.42 Å². The number of benzene rings is 1. The Kier molecular flexibility index (Phi) is 14.3. The normalized spacial score (nSPS) is 21.5. The van der Waals surface area contributed by atoms with Gasteiger partial charge in [-0.3, -0.25) is 9.80 Å². The van der Waals surface area contributed by atoms with E-state index in [9.17, 15) is 0 Å². The number of hydrogen-bond acceptors (Lipinski definition) is 4. The average Bonchev–Trinajstić information content (AvgIpc) is 3.75. The molecule has 0 saturated carbocycles. The first-order valence-electron chi connectivity index (χ1n) is 17.4. The van der Waals surface area contributed by atoms with Crippen LogP contribution >= 0.6 is 0 Å². The minimum Gasteiger partial charge on any atom is -0.301 e. The molecule has 5 aliphatic rings. The first kappa shape index (κ1) is 35.0. The lowest BCUT2D eigenvalue weighted by Crippen LogP contribution is -2.44. The van der Waals surface area contributed by atoms with Crippen LogP contribution < -0.4 is 0 Å². The van der Waals surface area contributed by atoms with Crippen LogP contribution in [0.3, 0.4) is 0 Å². The lowest BCUT2D eigenvalue weighted by molar-refractivity contribution is 0.148. The van der Waals surface area contributed by atoms with Crippen LogP contribution in [0.15, 0.2) is 42.0 Å². The van der Waals surface area contributed by atoms with Crippen LogP contribution in [0.2, 0.25) is 0 Å². The standard InChI is InChI=1S/C16H21N.C8H17N.C7H15N.C7H13N/c1-16(2,3)17-9-8-15-13(11-17)10-12-6-4-5-7-14(12)15;1-8(2)9-6-4-3-5-7-9;2*1-7(2)8-5-3-4-6-8/h4-7H,8-11H2,1-3H3;8H,3-7H2,1-2H3;7H,3-6H2,1-2H3;3-4,7H,5-6H2,1-2H3. The zero-order valence-electron chi connectivity index (χ0n) is 29.1. The Bertz CT molecular complexity index is 957. The Balaban J connectivity index is 0.000000165. The Morgan fingerprint density at radius 1 is 0.619 bits per heavy atom. The van der Waals surface area contributed by atoms with Crippen LogP contribution in [0, 0.1) is 0 Å². The van der Waals surface area contributed by atoms with E-state index in [-0.39, 0.29) is 0 Å². The van der Waals surface area contributed by atoms with Crippen LogP contribution in [0.1, 0.15) is 112 Å². The Labute approximate surface area is 261 Å². The number of rotatable bonds is 3. The van der Waals surface area contributed by atoms with E-state index in [2.05, 4.69) is 118 Å². The molecule has 0 aromatic heterocycles. The minimum absolute atomic E-state index is 0.299. The molecule has 1 aliphatic carbocycles. The largest absolute Gasteiger partial charge is 0.301 e. The van der Waals surface area contributed by atoms with E-state index < -0.39 is 0 Å². The average molecular weight is 579 g/mol. The summed E-state index contributed by atoms with van der Waals surface area (Å²) in [5.74, 6) is 0. The third kappa shape index (κ3) is 10.9. The van der Waals surface area contributed by atoms with Gasteiger partial charge < -0.3 is 9.80 Å². The van der Waals surface area contributed by atoms with Crippen molar-refractivity contribution in [2.24, 2.45) is 0 Å². The van der Waals surface area contributed by atoms with Crippen LogP contribution in [-0.4, -0.2) is 95.6 Å². The third-order valence-corrected chi connectivity index (χ3v) is 9.70. The van der Waals surface area contributed by atoms with Gasteiger partial charge in [-0.2, -0.15) is 0 Å². The molecule has 0 radical (unpaired) electrons. The van der Waals surface area contributed by atoms with Gasteiger partial charge in [-0.25, -0.2) is 0 Å². The molecule has 42 heavy (non-hydrogen) atoms. The van der Waals surface area contributed by atoms with Crippen molar-refractivity contribution in [2.75, 3.05) is 52.4 Å². The number of hydrogen-bond donors (Lipinski definition) is 0. The molecule has 2 saturated heterocycles. The van der Waals surface area contributed by atoms with Crippen molar-refractivity contribution in [3.8, 4) is 0 Å². The van der Waals surface area contributed by atoms with Crippen molar-refractivity contribution in [3.63, 3.8) is 0 Å². The van der Waals surface area contributed by atoms with Crippen molar-refractivity contribution in [1.29, 1.82) is 0 Å². The van der Waals surface area contributed by atoms with Crippen molar-refractivity contribution < 1.29 is 0 Å². The molecule has 0 spiro atoms. The molecule has 0 atom stereocenters. The summed E-state index contributed by atoms with van der Waals surface area (Å²) in [5, 5.41) is 0. The summed E-state index contributed by atoms with van der Waals surface area (Å²) >= 11 is 0. The highest BCUT2D eigenvalue weighted by molar-refractivity contribution is 5.77. The second-order valence-corrected chi connectivity index (χ2v) is 14.8. The maximum Gasteiger partial charge on any atom is 0.0207 e. The molecule has 2 fully saturated rings. The van der Waals surface area contributed by atoms with E-state index >= 15 is 0 Å². The fraction of sp³-hybridized carbons (Fsp3) is 0.737. The summed E-state index contributed by atoms with van der Waals surface area (Å²) in [6.07, 6.45) is 14.0. The highest BCUT2D eigenvalue weighted by atomic mass is 15.2. The monoisotopic (exact) mass is 579 g/mol. The number of nitrogens with zero attached hydrogens (tertiary/aromatic N) is 4. The summed E-state index contributed by atoms with van der Waals surface area (Å²) in [7, 11) is 0. The van der Waals surface area contributed by atoms with Gasteiger partial charge in [0.2, 0.25) is 0 Å². The number of piperidine rings is 1. The van der Waals surface area contributed by atoms with E-state index in [1.165, 1.54) is 88.8 Å². The molecule has 0 amide bonds. The van der Waals surface area contributed by atoms with Gasteiger partial charge in [0.1, 0.15) is 0 Å². The molecule has 0 N–H and O–H groups in total. The van der Waals surface area contributed by atoms with Crippen LogP contribution in [0.4, 0.5) is 0 Å².